The number of H-pyrrole nitrogens is 1. The number of fused-ring (bicyclic) bond motifs is 1. The highest BCUT2D eigenvalue weighted by Crippen LogP contribution is 2.29. The Kier molecular flexibility index (Phi) is 6.79. The van der Waals surface area contributed by atoms with Gasteiger partial charge in [-0.25, -0.2) is 9.78 Å². The molecule has 1 saturated heterocycles. The molecule has 9 nitrogen and oxygen atoms in total. The van der Waals surface area contributed by atoms with E-state index in [-0.39, 0.29) is 17.6 Å². The van der Waals surface area contributed by atoms with Crippen molar-refractivity contribution in [3.8, 4) is 11.5 Å². The number of para-hydroxylation sites is 1. The molecule has 1 aliphatic heterocycles. The van der Waals surface area contributed by atoms with Crippen molar-refractivity contribution in [1.82, 2.24) is 25.1 Å². The zero-order valence-electron chi connectivity index (χ0n) is 19.1. The number of hydrogen-bond acceptors (Lipinski definition) is 6. The van der Waals surface area contributed by atoms with E-state index in [4.69, 9.17) is 9.47 Å². The molecule has 4 rings (SSSR count). The quantitative estimate of drug-likeness (QED) is 0.598. The van der Waals surface area contributed by atoms with Crippen LogP contribution in [0.25, 0.3) is 10.9 Å². The van der Waals surface area contributed by atoms with E-state index in [9.17, 15) is 9.59 Å². The van der Waals surface area contributed by atoms with Crippen molar-refractivity contribution in [1.29, 1.82) is 0 Å². The summed E-state index contributed by atoms with van der Waals surface area (Å²) in [6.45, 7) is 5.03. The summed E-state index contributed by atoms with van der Waals surface area (Å²) in [6, 6.07) is 12.5. The average molecular weight is 452 g/mol. The number of carbonyl (C=O) groups is 1. The van der Waals surface area contributed by atoms with Crippen LogP contribution in [0.5, 0.6) is 11.5 Å². The highest BCUT2D eigenvalue weighted by molar-refractivity contribution is 5.77. The maximum absolute atomic E-state index is 12.9. The van der Waals surface area contributed by atoms with Crippen LogP contribution < -0.4 is 20.3 Å². The molecule has 1 aliphatic rings. The molecule has 1 atom stereocenters. The molecule has 2 N–H and O–H groups in total. The molecule has 33 heavy (non-hydrogen) atoms. The van der Waals surface area contributed by atoms with Gasteiger partial charge in [-0.15, -0.1) is 0 Å². The Bertz CT molecular complexity index is 1190. The number of benzene rings is 2. The summed E-state index contributed by atoms with van der Waals surface area (Å²) < 4.78 is 10.7. The molecular weight excluding hydrogens is 422 g/mol. The lowest BCUT2D eigenvalue weighted by molar-refractivity contribution is 0.132. The van der Waals surface area contributed by atoms with Crippen LogP contribution in [0, 0.1) is 0 Å². The van der Waals surface area contributed by atoms with E-state index in [1.165, 1.54) is 0 Å². The summed E-state index contributed by atoms with van der Waals surface area (Å²) in [5.74, 6) is 2.04. The summed E-state index contributed by atoms with van der Waals surface area (Å²) in [7, 11) is 3.22. The largest absolute Gasteiger partial charge is 0.497 e. The molecule has 9 heteroatoms. The molecule has 2 aromatic carbocycles. The van der Waals surface area contributed by atoms with Gasteiger partial charge in [-0.3, -0.25) is 9.69 Å². The second-order valence-electron chi connectivity index (χ2n) is 8.07. The predicted molar refractivity (Wildman–Crippen MR) is 126 cm³/mol. The first-order valence-electron chi connectivity index (χ1n) is 11.0. The van der Waals surface area contributed by atoms with E-state index in [2.05, 4.69) is 20.2 Å². The monoisotopic (exact) mass is 451 g/mol. The molecule has 0 spiro atoms. The minimum absolute atomic E-state index is 0.121. The second kappa shape index (κ2) is 9.91. The van der Waals surface area contributed by atoms with Crippen LogP contribution in [0.3, 0.4) is 0 Å². The molecule has 0 saturated carbocycles. The van der Waals surface area contributed by atoms with Crippen molar-refractivity contribution in [3.05, 3.63) is 64.2 Å². The summed E-state index contributed by atoms with van der Waals surface area (Å²) in [4.78, 5) is 36.6. The number of nitrogens with one attached hydrogen (secondary N) is 2. The first-order chi connectivity index (χ1) is 16.0. The third-order valence-electron chi connectivity index (χ3n) is 5.94. The number of hydrogen-bond donors (Lipinski definition) is 2. The summed E-state index contributed by atoms with van der Waals surface area (Å²) in [6.07, 6.45) is 0. The second-order valence-corrected chi connectivity index (χ2v) is 8.07. The van der Waals surface area contributed by atoms with E-state index < -0.39 is 0 Å². The zero-order chi connectivity index (χ0) is 23.4. The molecule has 1 unspecified atom stereocenters. The van der Waals surface area contributed by atoms with E-state index in [0.717, 1.165) is 5.56 Å². The third-order valence-corrected chi connectivity index (χ3v) is 5.94. The van der Waals surface area contributed by atoms with Crippen molar-refractivity contribution >= 4 is 16.9 Å². The number of aromatic nitrogens is 2. The van der Waals surface area contributed by atoms with Crippen LogP contribution >= 0.6 is 0 Å². The van der Waals surface area contributed by atoms with Gasteiger partial charge in [0, 0.05) is 31.7 Å². The number of carbonyl (C=O) groups excluding carboxylic acids is 1. The minimum Gasteiger partial charge on any atom is -0.497 e. The van der Waals surface area contributed by atoms with Crippen LogP contribution in [-0.4, -0.2) is 66.2 Å². The Labute approximate surface area is 192 Å². The Morgan fingerprint density at radius 3 is 2.61 bits per heavy atom. The summed E-state index contributed by atoms with van der Waals surface area (Å²) >= 11 is 0. The topological polar surface area (TPSA) is 99.8 Å². The van der Waals surface area contributed by atoms with Crippen LogP contribution in [0.1, 0.15) is 24.4 Å². The molecule has 2 amide bonds. The number of amides is 2. The molecule has 0 aliphatic carbocycles. The Hall–Kier alpha value is -3.59. The lowest BCUT2D eigenvalue weighted by Crippen LogP contribution is -2.51. The van der Waals surface area contributed by atoms with Crippen LogP contribution in [-0.2, 0) is 6.54 Å². The Balaban J connectivity index is 1.34. The van der Waals surface area contributed by atoms with E-state index in [1.54, 1.807) is 25.2 Å². The third kappa shape index (κ3) is 5.09. The maximum atomic E-state index is 12.9. The van der Waals surface area contributed by atoms with E-state index >= 15 is 0 Å². The molecule has 0 radical (unpaired) electrons. The van der Waals surface area contributed by atoms with Crippen molar-refractivity contribution in [3.63, 3.8) is 0 Å². The summed E-state index contributed by atoms with van der Waals surface area (Å²) in [5.41, 5.74) is 1.42. The molecule has 1 fully saturated rings. The molecular formula is C24H29N5O4. The highest BCUT2D eigenvalue weighted by Gasteiger charge is 2.24. The molecule has 2 heterocycles. The summed E-state index contributed by atoms with van der Waals surface area (Å²) in [5, 5.41) is 3.64. The molecule has 0 bridgehead atoms. The molecule has 1 aromatic heterocycles. The standard InChI is InChI=1S/C24H29N5O4/c1-16(19-14-17(32-2)8-9-21(19)33-3)25-24(31)29-12-10-28(11-13-29)15-22-26-20-7-5-4-6-18(20)23(30)27-22/h4-9,14,16H,10-13,15H2,1-3H3,(H,25,31)(H,26,27,30). The van der Waals surface area contributed by atoms with Gasteiger partial charge in [0.05, 0.1) is 37.7 Å². The first-order valence-corrected chi connectivity index (χ1v) is 11.0. The van der Waals surface area contributed by atoms with Crippen LogP contribution in [0.15, 0.2) is 47.3 Å². The highest BCUT2D eigenvalue weighted by atomic mass is 16.5. The number of piperazine rings is 1. The van der Waals surface area contributed by atoms with Gasteiger partial charge in [0.2, 0.25) is 0 Å². The zero-order valence-corrected chi connectivity index (χ0v) is 19.1. The normalized spacial score (nSPS) is 15.3. The number of rotatable bonds is 6. The minimum atomic E-state index is -0.243. The van der Waals surface area contributed by atoms with Gasteiger partial charge in [-0.1, -0.05) is 12.1 Å². The predicted octanol–water partition coefficient (Wildman–Crippen LogP) is 2.53. The molecule has 3 aromatic rings. The fourth-order valence-electron chi connectivity index (χ4n) is 4.06. The van der Waals surface area contributed by atoms with E-state index in [1.807, 2.05) is 43.3 Å². The fraction of sp³-hybridized carbons (Fsp3) is 0.375. The SMILES string of the molecule is COc1ccc(OC)c(C(C)NC(=O)N2CCN(Cc3nc4ccccc4c(=O)[nH]3)CC2)c1. The van der Waals surface area contributed by atoms with Crippen molar-refractivity contribution in [2.24, 2.45) is 0 Å². The van der Waals surface area contributed by atoms with Gasteiger partial charge in [0.15, 0.2) is 0 Å². The fourth-order valence-corrected chi connectivity index (χ4v) is 4.06. The van der Waals surface area contributed by atoms with Gasteiger partial charge in [0.1, 0.15) is 17.3 Å². The van der Waals surface area contributed by atoms with Crippen LogP contribution in [0.2, 0.25) is 0 Å². The van der Waals surface area contributed by atoms with Crippen molar-refractivity contribution in [2.45, 2.75) is 19.5 Å². The van der Waals surface area contributed by atoms with E-state index in [0.29, 0.717) is 61.0 Å². The number of methoxy groups -OCH3 is 2. The van der Waals surface area contributed by atoms with Crippen LogP contribution in [0.4, 0.5) is 4.79 Å². The van der Waals surface area contributed by atoms with Gasteiger partial charge in [-0.05, 0) is 37.3 Å². The van der Waals surface area contributed by atoms with Gasteiger partial charge in [-0.2, -0.15) is 0 Å². The van der Waals surface area contributed by atoms with Gasteiger partial charge in [0.25, 0.3) is 5.56 Å². The Morgan fingerprint density at radius 1 is 1.12 bits per heavy atom. The average Bonchev–Trinajstić information content (AvgIpc) is 2.84. The lowest BCUT2D eigenvalue weighted by Gasteiger charge is -2.35. The number of nitrogens with zero attached hydrogens (tertiary/aromatic N) is 3. The number of urea groups is 1. The first kappa shape index (κ1) is 22.6. The maximum Gasteiger partial charge on any atom is 0.317 e. The van der Waals surface area contributed by atoms with Gasteiger partial charge < -0.3 is 24.7 Å². The number of aromatic amines is 1. The number of ether oxygens (including phenoxy) is 2. The molecule has 174 valence electrons. The van der Waals surface area contributed by atoms with Crippen molar-refractivity contribution < 1.29 is 14.3 Å². The van der Waals surface area contributed by atoms with Gasteiger partial charge >= 0.3 is 6.03 Å². The smallest absolute Gasteiger partial charge is 0.317 e. The van der Waals surface area contributed by atoms with Crippen molar-refractivity contribution in [2.75, 3.05) is 40.4 Å². The Morgan fingerprint density at radius 2 is 1.88 bits per heavy atom. The lowest BCUT2D eigenvalue weighted by atomic mass is 10.1.